The van der Waals surface area contributed by atoms with Crippen LogP contribution >= 0.6 is 0 Å². The van der Waals surface area contributed by atoms with E-state index in [2.05, 4.69) is 20.6 Å². The number of aromatic nitrogens is 2. The lowest BCUT2D eigenvalue weighted by molar-refractivity contribution is 0.629. The van der Waals surface area contributed by atoms with E-state index in [0.717, 1.165) is 18.6 Å². The number of H-pyrrole nitrogens is 1. The van der Waals surface area contributed by atoms with E-state index < -0.39 is 0 Å². The number of likely N-dealkylation sites (N-methyl/N-ethyl adjacent to an activating group) is 1. The third-order valence-corrected chi connectivity index (χ3v) is 2.11. The molecule has 15 heavy (non-hydrogen) atoms. The summed E-state index contributed by atoms with van der Waals surface area (Å²) in [5.74, 6) is 0.416. The van der Waals surface area contributed by atoms with Gasteiger partial charge in [-0.15, -0.1) is 0 Å². The first-order valence-electron chi connectivity index (χ1n) is 4.83. The molecular formula is C10H13FN4. The van der Waals surface area contributed by atoms with Gasteiger partial charge in [-0.05, 0) is 25.2 Å². The lowest BCUT2D eigenvalue weighted by Crippen LogP contribution is -2.18. The van der Waals surface area contributed by atoms with E-state index in [-0.39, 0.29) is 5.82 Å². The number of aromatic amines is 1. The minimum atomic E-state index is -0.257. The number of benzene rings is 1. The van der Waals surface area contributed by atoms with E-state index >= 15 is 0 Å². The zero-order valence-corrected chi connectivity index (χ0v) is 8.47. The fourth-order valence-corrected chi connectivity index (χ4v) is 1.37. The lowest BCUT2D eigenvalue weighted by atomic mass is 10.3. The molecule has 0 radical (unpaired) electrons. The van der Waals surface area contributed by atoms with Crippen LogP contribution in [0, 0.1) is 5.82 Å². The highest BCUT2D eigenvalue weighted by Crippen LogP contribution is 2.14. The quantitative estimate of drug-likeness (QED) is 0.664. The van der Waals surface area contributed by atoms with Crippen LogP contribution in [0.4, 0.5) is 10.3 Å². The molecule has 0 aliphatic heterocycles. The van der Waals surface area contributed by atoms with Gasteiger partial charge >= 0.3 is 0 Å². The van der Waals surface area contributed by atoms with Crippen molar-refractivity contribution in [3.63, 3.8) is 0 Å². The molecule has 1 aromatic carbocycles. The average molecular weight is 208 g/mol. The van der Waals surface area contributed by atoms with Gasteiger partial charge in [-0.1, -0.05) is 0 Å². The zero-order chi connectivity index (χ0) is 10.7. The summed E-state index contributed by atoms with van der Waals surface area (Å²) in [7, 11) is 1.88. The Balaban J connectivity index is 2.16. The van der Waals surface area contributed by atoms with Gasteiger partial charge in [0, 0.05) is 13.1 Å². The maximum absolute atomic E-state index is 12.9. The third kappa shape index (κ3) is 2.24. The van der Waals surface area contributed by atoms with E-state index in [4.69, 9.17) is 0 Å². The Hall–Kier alpha value is -1.62. The van der Waals surface area contributed by atoms with Gasteiger partial charge in [-0.25, -0.2) is 9.37 Å². The van der Waals surface area contributed by atoms with Crippen LogP contribution in [0.25, 0.3) is 11.0 Å². The van der Waals surface area contributed by atoms with Gasteiger partial charge in [0.1, 0.15) is 5.82 Å². The molecule has 3 N–H and O–H groups in total. The molecule has 5 heteroatoms. The Bertz CT molecular complexity index is 452. The number of nitrogens with one attached hydrogen (secondary N) is 3. The van der Waals surface area contributed by atoms with Crippen molar-refractivity contribution in [1.82, 2.24) is 15.3 Å². The monoisotopic (exact) mass is 208 g/mol. The van der Waals surface area contributed by atoms with Crippen molar-refractivity contribution in [1.29, 1.82) is 0 Å². The molecule has 1 aromatic heterocycles. The minimum Gasteiger partial charge on any atom is -0.355 e. The average Bonchev–Trinajstić information content (AvgIpc) is 2.60. The van der Waals surface area contributed by atoms with E-state index in [1.54, 1.807) is 6.07 Å². The first kappa shape index (κ1) is 9.92. The number of anilines is 1. The van der Waals surface area contributed by atoms with Crippen molar-refractivity contribution in [2.45, 2.75) is 0 Å². The van der Waals surface area contributed by atoms with Gasteiger partial charge in [0.05, 0.1) is 11.0 Å². The maximum Gasteiger partial charge on any atom is 0.201 e. The molecule has 0 fully saturated rings. The van der Waals surface area contributed by atoms with Crippen LogP contribution < -0.4 is 10.6 Å². The molecule has 0 saturated carbocycles. The summed E-state index contributed by atoms with van der Waals surface area (Å²) in [6.45, 7) is 1.63. The highest BCUT2D eigenvalue weighted by Gasteiger charge is 2.02. The van der Waals surface area contributed by atoms with Crippen LogP contribution in [-0.4, -0.2) is 30.1 Å². The van der Waals surface area contributed by atoms with Crippen molar-refractivity contribution in [3.8, 4) is 0 Å². The molecular weight excluding hydrogens is 195 g/mol. The third-order valence-electron chi connectivity index (χ3n) is 2.11. The predicted octanol–water partition coefficient (Wildman–Crippen LogP) is 1.33. The Morgan fingerprint density at radius 2 is 2.27 bits per heavy atom. The first-order valence-corrected chi connectivity index (χ1v) is 4.83. The molecule has 0 unspecified atom stereocenters. The van der Waals surface area contributed by atoms with Gasteiger partial charge in [-0.3, -0.25) is 0 Å². The Morgan fingerprint density at radius 3 is 3.07 bits per heavy atom. The summed E-state index contributed by atoms with van der Waals surface area (Å²) in [6.07, 6.45) is 0. The largest absolute Gasteiger partial charge is 0.355 e. The topological polar surface area (TPSA) is 52.7 Å². The van der Waals surface area contributed by atoms with Gasteiger partial charge in [0.25, 0.3) is 0 Å². The van der Waals surface area contributed by atoms with Crippen LogP contribution in [0.2, 0.25) is 0 Å². The summed E-state index contributed by atoms with van der Waals surface area (Å²) < 4.78 is 12.9. The predicted molar refractivity (Wildman–Crippen MR) is 58.5 cm³/mol. The molecule has 80 valence electrons. The summed E-state index contributed by atoms with van der Waals surface area (Å²) in [5.41, 5.74) is 1.48. The van der Waals surface area contributed by atoms with Crippen LogP contribution in [0.3, 0.4) is 0 Å². The molecule has 0 atom stereocenters. The highest BCUT2D eigenvalue weighted by atomic mass is 19.1. The number of nitrogens with zero attached hydrogens (tertiary/aromatic N) is 1. The van der Waals surface area contributed by atoms with Crippen LogP contribution in [0.5, 0.6) is 0 Å². The van der Waals surface area contributed by atoms with Gasteiger partial charge < -0.3 is 15.6 Å². The molecule has 0 bridgehead atoms. The van der Waals surface area contributed by atoms with Crippen molar-refractivity contribution in [2.75, 3.05) is 25.5 Å². The number of rotatable bonds is 4. The molecule has 0 aliphatic carbocycles. The lowest BCUT2D eigenvalue weighted by Gasteiger charge is -2.00. The van der Waals surface area contributed by atoms with Crippen molar-refractivity contribution in [3.05, 3.63) is 24.0 Å². The molecule has 2 rings (SSSR count). The molecule has 1 heterocycles. The summed E-state index contributed by atoms with van der Waals surface area (Å²) >= 11 is 0. The standard InChI is InChI=1S/C10H13FN4/c1-12-4-5-13-10-14-8-3-2-7(11)6-9(8)15-10/h2-3,6,12H,4-5H2,1H3,(H2,13,14,15). The van der Waals surface area contributed by atoms with E-state index in [9.17, 15) is 4.39 Å². The van der Waals surface area contributed by atoms with E-state index in [1.807, 2.05) is 7.05 Å². The molecule has 0 spiro atoms. The number of fused-ring (bicyclic) bond motifs is 1. The summed E-state index contributed by atoms with van der Waals surface area (Å²) in [4.78, 5) is 7.27. The zero-order valence-electron chi connectivity index (χ0n) is 8.47. The fraction of sp³-hybridized carbons (Fsp3) is 0.300. The molecule has 0 aliphatic rings. The second-order valence-corrected chi connectivity index (χ2v) is 3.28. The van der Waals surface area contributed by atoms with Gasteiger partial charge in [-0.2, -0.15) is 0 Å². The van der Waals surface area contributed by atoms with Crippen LogP contribution in [0.15, 0.2) is 18.2 Å². The van der Waals surface area contributed by atoms with Crippen molar-refractivity contribution in [2.24, 2.45) is 0 Å². The minimum absolute atomic E-state index is 0.257. The number of imidazole rings is 1. The Morgan fingerprint density at radius 1 is 1.40 bits per heavy atom. The highest BCUT2D eigenvalue weighted by molar-refractivity contribution is 5.77. The fourth-order valence-electron chi connectivity index (χ4n) is 1.37. The summed E-state index contributed by atoms with van der Waals surface area (Å²) in [5, 5.41) is 6.12. The first-order chi connectivity index (χ1) is 7.29. The number of hydrogen-bond donors (Lipinski definition) is 3. The second-order valence-electron chi connectivity index (χ2n) is 3.28. The van der Waals surface area contributed by atoms with Crippen molar-refractivity contribution < 1.29 is 4.39 Å². The smallest absolute Gasteiger partial charge is 0.201 e. The van der Waals surface area contributed by atoms with Gasteiger partial charge in [0.15, 0.2) is 0 Å². The molecule has 4 nitrogen and oxygen atoms in total. The Labute approximate surface area is 86.9 Å². The normalized spacial score (nSPS) is 10.8. The number of hydrogen-bond acceptors (Lipinski definition) is 3. The van der Waals surface area contributed by atoms with Crippen molar-refractivity contribution >= 4 is 17.0 Å². The second kappa shape index (κ2) is 4.27. The SMILES string of the molecule is CNCCNc1nc2ccc(F)cc2[nH]1. The van der Waals surface area contributed by atoms with Crippen LogP contribution in [0.1, 0.15) is 0 Å². The number of halogens is 1. The molecule has 2 aromatic rings. The Kier molecular flexibility index (Phi) is 2.82. The molecule has 0 amide bonds. The summed E-state index contributed by atoms with van der Waals surface area (Å²) in [6, 6.07) is 4.50. The van der Waals surface area contributed by atoms with E-state index in [0.29, 0.717) is 11.5 Å². The molecule has 0 saturated heterocycles. The van der Waals surface area contributed by atoms with Gasteiger partial charge in [0.2, 0.25) is 5.95 Å². The van der Waals surface area contributed by atoms with E-state index in [1.165, 1.54) is 12.1 Å². The van der Waals surface area contributed by atoms with Crippen LogP contribution in [-0.2, 0) is 0 Å². The maximum atomic E-state index is 12.9.